The van der Waals surface area contributed by atoms with Crippen molar-refractivity contribution >= 4 is 16.7 Å². The van der Waals surface area contributed by atoms with Gasteiger partial charge >= 0.3 is 5.69 Å². The predicted octanol–water partition coefficient (Wildman–Crippen LogP) is 1.25. The van der Waals surface area contributed by atoms with Crippen LogP contribution in [-0.2, 0) is 20.6 Å². The lowest BCUT2D eigenvalue weighted by Crippen LogP contribution is -2.37. The minimum Gasteiger partial charge on any atom is -0.496 e. The summed E-state index contributed by atoms with van der Waals surface area (Å²) in [5, 5.41) is 3.63. The smallest absolute Gasteiger partial charge is 0.332 e. The lowest BCUT2D eigenvalue weighted by Gasteiger charge is -2.13. The van der Waals surface area contributed by atoms with Crippen LogP contribution in [0.15, 0.2) is 46.1 Å². The number of pyridine rings is 1. The number of ether oxygens (including phenoxy) is 1. The van der Waals surface area contributed by atoms with Gasteiger partial charge in [-0.25, -0.2) is 9.78 Å². The number of anilines is 1. The highest BCUT2D eigenvalue weighted by Gasteiger charge is 2.13. The fraction of sp³-hybridized carbons (Fsp3) is 0.235. The van der Waals surface area contributed by atoms with Crippen LogP contribution in [0.3, 0.4) is 0 Å². The number of nitrogens with one attached hydrogen (secondary N) is 1. The molecule has 3 rings (SSSR count). The Bertz CT molecular complexity index is 1020. The van der Waals surface area contributed by atoms with Gasteiger partial charge in [-0.15, -0.1) is 0 Å². The van der Waals surface area contributed by atoms with Crippen molar-refractivity contribution in [1.82, 2.24) is 14.1 Å². The summed E-state index contributed by atoms with van der Waals surface area (Å²) in [7, 11) is 4.68. The highest BCUT2D eigenvalue weighted by Crippen LogP contribution is 2.21. The van der Waals surface area contributed by atoms with Gasteiger partial charge in [0.25, 0.3) is 5.56 Å². The van der Waals surface area contributed by atoms with Gasteiger partial charge in [-0.05, 0) is 12.1 Å². The molecule has 7 nitrogen and oxygen atoms in total. The zero-order chi connectivity index (χ0) is 17.3. The molecule has 1 aromatic carbocycles. The lowest BCUT2D eigenvalue weighted by atomic mass is 10.2. The lowest BCUT2D eigenvalue weighted by molar-refractivity contribution is 0.410. The monoisotopic (exact) mass is 326 g/mol. The van der Waals surface area contributed by atoms with E-state index < -0.39 is 5.69 Å². The maximum atomic E-state index is 12.5. The van der Waals surface area contributed by atoms with Gasteiger partial charge < -0.3 is 10.1 Å². The van der Waals surface area contributed by atoms with E-state index in [0.717, 1.165) is 15.9 Å². The molecule has 0 aliphatic heterocycles. The third kappa shape index (κ3) is 2.54. The van der Waals surface area contributed by atoms with E-state index in [1.54, 1.807) is 26.4 Å². The summed E-state index contributed by atoms with van der Waals surface area (Å²) in [6, 6.07) is 9.37. The van der Waals surface area contributed by atoms with Crippen LogP contribution in [0.25, 0.3) is 11.0 Å². The van der Waals surface area contributed by atoms with E-state index in [1.165, 1.54) is 11.6 Å². The highest BCUT2D eigenvalue weighted by atomic mass is 16.5. The summed E-state index contributed by atoms with van der Waals surface area (Å²) >= 11 is 0. The molecule has 0 atom stereocenters. The molecule has 0 amide bonds. The third-order valence-corrected chi connectivity index (χ3v) is 4.00. The number of benzene rings is 1. The van der Waals surface area contributed by atoms with Gasteiger partial charge in [0.15, 0.2) is 5.65 Å². The quantitative estimate of drug-likeness (QED) is 0.781. The molecule has 2 heterocycles. The maximum absolute atomic E-state index is 12.5. The Labute approximate surface area is 138 Å². The van der Waals surface area contributed by atoms with Gasteiger partial charge in [-0.2, -0.15) is 0 Å². The molecule has 0 aliphatic carbocycles. The molecule has 0 saturated carbocycles. The summed E-state index contributed by atoms with van der Waals surface area (Å²) in [6.45, 7) is 0.481. The van der Waals surface area contributed by atoms with Crippen molar-refractivity contribution in [2.75, 3.05) is 12.4 Å². The van der Waals surface area contributed by atoms with Gasteiger partial charge in [0, 0.05) is 32.4 Å². The number of hydrogen-bond acceptors (Lipinski definition) is 5. The van der Waals surface area contributed by atoms with Crippen molar-refractivity contribution in [2.24, 2.45) is 14.1 Å². The van der Waals surface area contributed by atoms with Crippen molar-refractivity contribution in [2.45, 2.75) is 6.54 Å². The molecule has 0 spiro atoms. The summed E-state index contributed by atoms with van der Waals surface area (Å²) in [6.07, 6.45) is 1.58. The van der Waals surface area contributed by atoms with E-state index in [-0.39, 0.29) is 5.56 Å². The number of aryl methyl sites for hydroxylation is 1. The first-order valence-corrected chi connectivity index (χ1v) is 7.45. The van der Waals surface area contributed by atoms with Crippen molar-refractivity contribution in [3.63, 3.8) is 0 Å². The minimum atomic E-state index is -0.401. The maximum Gasteiger partial charge on any atom is 0.332 e. The molecule has 24 heavy (non-hydrogen) atoms. The van der Waals surface area contributed by atoms with Crippen LogP contribution in [-0.4, -0.2) is 21.2 Å². The van der Waals surface area contributed by atoms with Crippen molar-refractivity contribution < 1.29 is 4.74 Å². The fourth-order valence-electron chi connectivity index (χ4n) is 2.67. The number of aromatic nitrogens is 3. The molecule has 2 aromatic heterocycles. The minimum absolute atomic E-state index is 0.355. The first kappa shape index (κ1) is 15.8. The van der Waals surface area contributed by atoms with E-state index >= 15 is 0 Å². The second-order valence-electron chi connectivity index (χ2n) is 5.43. The van der Waals surface area contributed by atoms with E-state index in [2.05, 4.69) is 10.3 Å². The molecule has 0 bridgehead atoms. The molecular weight excluding hydrogens is 308 g/mol. The number of fused-ring (bicyclic) bond motifs is 1. The van der Waals surface area contributed by atoms with E-state index in [4.69, 9.17) is 4.74 Å². The Balaban J connectivity index is 2.08. The van der Waals surface area contributed by atoms with Crippen LogP contribution >= 0.6 is 0 Å². The molecule has 124 valence electrons. The van der Waals surface area contributed by atoms with Crippen molar-refractivity contribution in [3.05, 3.63) is 62.9 Å². The van der Waals surface area contributed by atoms with Gasteiger partial charge in [-0.3, -0.25) is 13.9 Å². The predicted molar refractivity (Wildman–Crippen MR) is 92.5 cm³/mol. The Morgan fingerprint density at radius 3 is 2.62 bits per heavy atom. The summed E-state index contributed by atoms with van der Waals surface area (Å²) in [4.78, 5) is 28.7. The topological polar surface area (TPSA) is 78.2 Å². The fourth-order valence-corrected chi connectivity index (χ4v) is 2.67. The third-order valence-electron chi connectivity index (χ3n) is 4.00. The van der Waals surface area contributed by atoms with Crippen LogP contribution in [0.4, 0.5) is 5.69 Å². The normalized spacial score (nSPS) is 10.8. The number of hydrogen-bond donors (Lipinski definition) is 1. The van der Waals surface area contributed by atoms with Crippen molar-refractivity contribution in [3.8, 4) is 5.75 Å². The second kappa shape index (κ2) is 6.19. The van der Waals surface area contributed by atoms with E-state index in [9.17, 15) is 9.59 Å². The van der Waals surface area contributed by atoms with E-state index in [1.807, 2.05) is 24.3 Å². The average molecular weight is 326 g/mol. The summed E-state index contributed by atoms with van der Waals surface area (Å²) in [5.41, 5.74) is 1.17. The zero-order valence-corrected chi connectivity index (χ0v) is 13.7. The molecule has 3 aromatic rings. The summed E-state index contributed by atoms with van der Waals surface area (Å²) in [5.74, 6) is 0.767. The van der Waals surface area contributed by atoms with Crippen LogP contribution in [0, 0.1) is 0 Å². The number of methoxy groups -OCH3 is 1. The Kier molecular flexibility index (Phi) is 4.07. The van der Waals surface area contributed by atoms with Gasteiger partial charge in [0.1, 0.15) is 11.1 Å². The van der Waals surface area contributed by atoms with E-state index in [0.29, 0.717) is 23.3 Å². The summed E-state index contributed by atoms with van der Waals surface area (Å²) < 4.78 is 7.78. The molecular formula is C17H18N4O3. The van der Waals surface area contributed by atoms with Crippen LogP contribution in [0.5, 0.6) is 5.75 Å². The van der Waals surface area contributed by atoms with Crippen LogP contribution < -0.4 is 21.3 Å². The highest BCUT2D eigenvalue weighted by molar-refractivity contribution is 5.88. The standard InChI is InChI=1S/C17H18N4O3/c1-20-15-14(16(22)21(2)17(20)23)12(8-9-18-15)19-10-11-6-4-5-7-13(11)24-3/h4-9H,10H2,1-3H3,(H,18,19). The van der Waals surface area contributed by atoms with Crippen LogP contribution in [0.1, 0.15) is 5.56 Å². The number of rotatable bonds is 4. The second-order valence-corrected chi connectivity index (χ2v) is 5.43. The Morgan fingerprint density at radius 2 is 1.88 bits per heavy atom. The Hall–Kier alpha value is -3.09. The largest absolute Gasteiger partial charge is 0.496 e. The molecule has 0 saturated heterocycles. The Morgan fingerprint density at radius 1 is 1.12 bits per heavy atom. The SMILES string of the molecule is COc1ccccc1CNc1ccnc2c1c(=O)n(C)c(=O)n2C. The number of nitrogens with zero attached hydrogens (tertiary/aromatic N) is 3. The van der Waals surface area contributed by atoms with Crippen molar-refractivity contribution in [1.29, 1.82) is 0 Å². The van der Waals surface area contributed by atoms with Crippen LogP contribution in [0.2, 0.25) is 0 Å². The van der Waals surface area contributed by atoms with Gasteiger partial charge in [0.2, 0.25) is 0 Å². The molecule has 1 N–H and O–H groups in total. The first-order valence-electron chi connectivity index (χ1n) is 7.45. The average Bonchev–Trinajstić information content (AvgIpc) is 2.62. The molecule has 7 heteroatoms. The molecule has 0 radical (unpaired) electrons. The van der Waals surface area contributed by atoms with Gasteiger partial charge in [-0.1, -0.05) is 18.2 Å². The zero-order valence-electron chi connectivity index (χ0n) is 13.7. The molecule has 0 unspecified atom stereocenters. The molecule has 0 fully saturated rings. The number of para-hydroxylation sites is 1. The molecule has 0 aliphatic rings. The first-order chi connectivity index (χ1) is 11.5. The van der Waals surface area contributed by atoms with Gasteiger partial charge in [0.05, 0.1) is 12.8 Å².